The Kier molecular flexibility index (Phi) is 4.19. The molecule has 1 aromatic rings. The molecular formula is C15H20FNOS. The predicted octanol–water partition coefficient (Wildman–Crippen LogP) is 3.67. The fourth-order valence-corrected chi connectivity index (χ4v) is 3.56. The average molecular weight is 281 g/mol. The summed E-state index contributed by atoms with van der Waals surface area (Å²) in [5, 5.41) is 0.513. The minimum Gasteiger partial charge on any atom is -0.366 e. The summed E-state index contributed by atoms with van der Waals surface area (Å²) in [6, 6.07) is 3.54. The van der Waals surface area contributed by atoms with Crippen molar-refractivity contribution in [2.75, 3.05) is 17.2 Å². The summed E-state index contributed by atoms with van der Waals surface area (Å²) >= 11 is 1.95. The summed E-state index contributed by atoms with van der Waals surface area (Å²) in [7, 11) is 0. The fraction of sp³-hybridized carbons (Fsp3) is 0.533. The van der Waals surface area contributed by atoms with E-state index >= 15 is 0 Å². The standard InChI is InChI=1S/C15H20FNOS/c1-9-7-15(13(11(3)18)8-14(9)16)17-5-6-19-12(4)10(17)2/h7-8,10,12H,5-6H2,1-4H3. The molecule has 1 aliphatic heterocycles. The molecule has 1 fully saturated rings. The second kappa shape index (κ2) is 5.53. The molecule has 0 bridgehead atoms. The fourth-order valence-electron chi connectivity index (χ4n) is 2.46. The number of hydrogen-bond acceptors (Lipinski definition) is 3. The highest BCUT2D eigenvalue weighted by molar-refractivity contribution is 8.00. The van der Waals surface area contributed by atoms with Gasteiger partial charge in [-0.2, -0.15) is 11.8 Å². The van der Waals surface area contributed by atoms with Gasteiger partial charge in [-0.3, -0.25) is 4.79 Å². The second-order valence-electron chi connectivity index (χ2n) is 5.18. The van der Waals surface area contributed by atoms with Crippen LogP contribution in [-0.4, -0.2) is 29.4 Å². The van der Waals surface area contributed by atoms with Crippen molar-refractivity contribution >= 4 is 23.2 Å². The number of nitrogens with zero attached hydrogens (tertiary/aromatic N) is 1. The van der Waals surface area contributed by atoms with E-state index < -0.39 is 0 Å². The van der Waals surface area contributed by atoms with Crippen molar-refractivity contribution in [2.45, 2.75) is 39.0 Å². The van der Waals surface area contributed by atoms with Crippen molar-refractivity contribution in [3.8, 4) is 0 Å². The number of benzene rings is 1. The number of carbonyl (C=O) groups excluding carboxylic acids is 1. The number of ketones is 1. The number of halogens is 1. The maximum atomic E-state index is 13.7. The highest BCUT2D eigenvalue weighted by Gasteiger charge is 2.28. The number of anilines is 1. The number of carbonyl (C=O) groups is 1. The molecule has 1 heterocycles. The Morgan fingerprint density at radius 1 is 1.42 bits per heavy atom. The number of Topliss-reactive ketones (excluding diaryl/α,β-unsaturated/α-hetero) is 1. The predicted molar refractivity (Wildman–Crippen MR) is 79.9 cm³/mol. The van der Waals surface area contributed by atoms with Gasteiger partial charge in [0.1, 0.15) is 5.82 Å². The average Bonchev–Trinajstić information content (AvgIpc) is 2.35. The van der Waals surface area contributed by atoms with E-state index in [1.54, 1.807) is 6.92 Å². The number of aryl methyl sites for hydroxylation is 1. The molecule has 1 aliphatic rings. The van der Waals surface area contributed by atoms with E-state index in [0.717, 1.165) is 18.0 Å². The molecule has 2 nitrogen and oxygen atoms in total. The first-order valence-corrected chi connectivity index (χ1v) is 7.66. The molecule has 0 radical (unpaired) electrons. The molecule has 2 rings (SSSR count). The third-order valence-corrected chi connectivity index (χ3v) is 5.19. The maximum Gasteiger partial charge on any atom is 0.161 e. The van der Waals surface area contributed by atoms with Gasteiger partial charge < -0.3 is 4.90 Å². The lowest BCUT2D eigenvalue weighted by Crippen LogP contribution is -2.45. The molecule has 1 aromatic carbocycles. The van der Waals surface area contributed by atoms with Gasteiger partial charge in [-0.25, -0.2) is 4.39 Å². The van der Waals surface area contributed by atoms with Crippen molar-refractivity contribution in [1.29, 1.82) is 0 Å². The van der Waals surface area contributed by atoms with Crippen LogP contribution in [0.25, 0.3) is 0 Å². The summed E-state index contributed by atoms with van der Waals surface area (Å²) in [5.41, 5.74) is 1.97. The van der Waals surface area contributed by atoms with E-state index in [1.807, 2.05) is 17.8 Å². The SMILES string of the molecule is CC(=O)c1cc(F)c(C)cc1N1CCSC(C)C1C. The zero-order chi connectivity index (χ0) is 14.2. The molecule has 4 heteroatoms. The molecule has 0 saturated carbocycles. The first-order valence-electron chi connectivity index (χ1n) is 6.61. The van der Waals surface area contributed by atoms with E-state index in [-0.39, 0.29) is 11.6 Å². The highest BCUT2D eigenvalue weighted by atomic mass is 32.2. The lowest BCUT2D eigenvalue weighted by molar-refractivity contribution is 0.101. The van der Waals surface area contributed by atoms with Crippen LogP contribution in [0, 0.1) is 12.7 Å². The van der Waals surface area contributed by atoms with E-state index in [4.69, 9.17) is 0 Å². The number of hydrogen-bond donors (Lipinski definition) is 0. The highest BCUT2D eigenvalue weighted by Crippen LogP contribution is 2.32. The summed E-state index contributed by atoms with van der Waals surface area (Å²) in [4.78, 5) is 14.0. The van der Waals surface area contributed by atoms with Crippen LogP contribution in [0.4, 0.5) is 10.1 Å². The molecule has 0 aliphatic carbocycles. The second-order valence-corrected chi connectivity index (χ2v) is 6.67. The van der Waals surface area contributed by atoms with E-state index in [9.17, 15) is 9.18 Å². The van der Waals surface area contributed by atoms with Gasteiger partial charge in [0.2, 0.25) is 0 Å². The third-order valence-electron chi connectivity index (χ3n) is 3.85. The smallest absolute Gasteiger partial charge is 0.161 e. The summed E-state index contributed by atoms with van der Waals surface area (Å²) in [5.74, 6) is 0.659. The van der Waals surface area contributed by atoms with Crippen LogP contribution in [0.15, 0.2) is 12.1 Å². The van der Waals surface area contributed by atoms with Gasteiger partial charge in [0, 0.05) is 34.8 Å². The lowest BCUT2D eigenvalue weighted by atomic mass is 10.0. The molecule has 1 saturated heterocycles. The van der Waals surface area contributed by atoms with Gasteiger partial charge in [0.25, 0.3) is 0 Å². The number of thioether (sulfide) groups is 1. The van der Waals surface area contributed by atoms with Crippen LogP contribution in [-0.2, 0) is 0 Å². The minimum absolute atomic E-state index is 0.0769. The quantitative estimate of drug-likeness (QED) is 0.772. The molecule has 0 amide bonds. The molecular weight excluding hydrogens is 261 g/mol. The molecule has 0 spiro atoms. The van der Waals surface area contributed by atoms with E-state index in [1.165, 1.54) is 13.0 Å². The minimum atomic E-state index is -0.305. The van der Waals surface area contributed by atoms with Gasteiger partial charge in [0.15, 0.2) is 5.78 Å². The maximum absolute atomic E-state index is 13.7. The first-order chi connectivity index (χ1) is 8.91. The zero-order valence-electron chi connectivity index (χ0n) is 11.9. The third kappa shape index (κ3) is 2.78. The van der Waals surface area contributed by atoms with Crippen molar-refractivity contribution < 1.29 is 9.18 Å². The van der Waals surface area contributed by atoms with Gasteiger partial charge in [-0.15, -0.1) is 0 Å². The largest absolute Gasteiger partial charge is 0.366 e. The summed E-state index contributed by atoms with van der Waals surface area (Å²) < 4.78 is 13.7. The van der Waals surface area contributed by atoms with Crippen molar-refractivity contribution in [3.05, 3.63) is 29.1 Å². The van der Waals surface area contributed by atoms with E-state index in [0.29, 0.717) is 22.4 Å². The van der Waals surface area contributed by atoms with Crippen LogP contribution in [0.3, 0.4) is 0 Å². The molecule has 0 N–H and O–H groups in total. The summed E-state index contributed by atoms with van der Waals surface area (Å²) in [6.07, 6.45) is 0. The van der Waals surface area contributed by atoms with Gasteiger partial charge in [-0.05, 0) is 38.5 Å². The lowest BCUT2D eigenvalue weighted by Gasteiger charge is -2.40. The number of rotatable bonds is 2. The van der Waals surface area contributed by atoms with Crippen LogP contribution >= 0.6 is 11.8 Å². The topological polar surface area (TPSA) is 20.3 Å². The Balaban J connectivity index is 2.48. The van der Waals surface area contributed by atoms with Gasteiger partial charge >= 0.3 is 0 Å². The molecule has 2 unspecified atom stereocenters. The Morgan fingerprint density at radius 2 is 2.11 bits per heavy atom. The Morgan fingerprint density at radius 3 is 2.74 bits per heavy atom. The Bertz CT molecular complexity index is 503. The van der Waals surface area contributed by atoms with E-state index in [2.05, 4.69) is 18.7 Å². The van der Waals surface area contributed by atoms with Crippen molar-refractivity contribution in [1.82, 2.24) is 0 Å². The van der Waals surface area contributed by atoms with Crippen molar-refractivity contribution in [3.63, 3.8) is 0 Å². The molecule has 0 aromatic heterocycles. The molecule has 104 valence electrons. The van der Waals surface area contributed by atoms with Crippen LogP contribution in [0.1, 0.15) is 36.7 Å². The van der Waals surface area contributed by atoms with Crippen molar-refractivity contribution in [2.24, 2.45) is 0 Å². The Labute approximate surface area is 118 Å². The monoisotopic (exact) mass is 281 g/mol. The molecule has 19 heavy (non-hydrogen) atoms. The zero-order valence-corrected chi connectivity index (χ0v) is 12.7. The first kappa shape index (κ1) is 14.4. The normalized spacial score (nSPS) is 23.5. The van der Waals surface area contributed by atoms with Crippen LogP contribution < -0.4 is 4.90 Å². The Hall–Kier alpha value is -1.03. The van der Waals surface area contributed by atoms with Gasteiger partial charge in [0.05, 0.1) is 0 Å². The van der Waals surface area contributed by atoms with Crippen LogP contribution in [0.5, 0.6) is 0 Å². The summed E-state index contributed by atoms with van der Waals surface area (Å²) in [6.45, 7) is 8.52. The van der Waals surface area contributed by atoms with Gasteiger partial charge in [-0.1, -0.05) is 6.92 Å². The van der Waals surface area contributed by atoms with Crippen LogP contribution in [0.2, 0.25) is 0 Å². The molecule has 2 atom stereocenters.